The van der Waals surface area contributed by atoms with Gasteiger partial charge in [-0.05, 0) is 32.0 Å². The lowest BCUT2D eigenvalue weighted by Crippen LogP contribution is -2.45. The molecule has 3 rings (SSSR count). The second kappa shape index (κ2) is 6.00. The molecule has 1 aromatic heterocycles. The topological polar surface area (TPSA) is 79.7 Å². The summed E-state index contributed by atoms with van der Waals surface area (Å²) < 4.78 is 5.62. The minimum absolute atomic E-state index is 0.113. The van der Waals surface area contributed by atoms with E-state index in [2.05, 4.69) is 4.98 Å². The van der Waals surface area contributed by atoms with Crippen molar-refractivity contribution in [2.45, 2.75) is 26.4 Å². The molecular weight excluding hydrogens is 316 g/mol. The van der Waals surface area contributed by atoms with Gasteiger partial charge in [0.2, 0.25) is 0 Å². The molecule has 0 fully saturated rings. The highest BCUT2D eigenvalue weighted by Gasteiger charge is 2.32. The van der Waals surface area contributed by atoms with Crippen LogP contribution < -0.4 is 9.64 Å². The maximum atomic E-state index is 12.3. The summed E-state index contributed by atoms with van der Waals surface area (Å²) in [4.78, 5) is 29.1. The van der Waals surface area contributed by atoms with Crippen LogP contribution in [0.3, 0.4) is 0 Å². The first-order valence-corrected chi connectivity index (χ1v) is 8.10. The number of nitrogens with zero attached hydrogens (tertiary/aromatic N) is 2. The third kappa shape index (κ3) is 3.05. The Morgan fingerprint density at radius 1 is 1.48 bits per heavy atom. The Balaban J connectivity index is 2.00. The number of rotatable bonds is 4. The van der Waals surface area contributed by atoms with E-state index in [4.69, 9.17) is 9.84 Å². The number of fused-ring (bicyclic) bond motifs is 1. The van der Waals surface area contributed by atoms with Crippen molar-refractivity contribution < 1.29 is 19.4 Å². The molecule has 1 aromatic carbocycles. The van der Waals surface area contributed by atoms with E-state index in [0.717, 1.165) is 16.3 Å². The Hall–Kier alpha value is -2.41. The Morgan fingerprint density at radius 2 is 2.26 bits per heavy atom. The molecule has 2 heterocycles. The third-order valence-electron chi connectivity index (χ3n) is 3.63. The molecule has 120 valence electrons. The average molecular weight is 332 g/mol. The van der Waals surface area contributed by atoms with Crippen molar-refractivity contribution in [3.8, 4) is 17.0 Å². The highest BCUT2D eigenvalue weighted by atomic mass is 32.1. The van der Waals surface area contributed by atoms with Crippen LogP contribution >= 0.6 is 11.3 Å². The van der Waals surface area contributed by atoms with Gasteiger partial charge < -0.3 is 14.7 Å². The molecule has 0 saturated heterocycles. The fourth-order valence-electron chi connectivity index (χ4n) is 2.50. The van der Waals surface area contributed by atoms with Crippen molar-refractivity contribution in [3.63, 3.8) is 0 Å². The minimum atomic E-state index is -0.940. The molecule has 1 aliphatic heterocycles. The molecule has 1 amide bonds. The van der Waals surface area contributed by atoms with Crippen molar-refractivity contribution >= 4 is 28.9 Å². The van der Waals surface area contributed by atoms with Crippen LogP contribution in [0.5, 0.6) is 5.75 Å². The summed E-state index contributed by atoms with van der Waals surface area (Å²) in [5.74, 6) is -0.590. The number of thiazole rings is 1. The standard InChI is InChI=1S/C16H16N2O4S/c1-9-16(21)18(6-5-15(19)20)13-7-11(3-4-14(13)22-9)12-8-23-10(2)17-12/h3-4,7-9H,5-6H2,1-2H3,(H,19,20). The van der Waals surface area contributed by atoms with Gasteiger partial charge in [0.25, 0.3) is 5.91 Å². The highest BCUT2D eigenvalue weighted by Crippen LogP contribution is 2.37. The van der Waals surface area contributed by atoms with Gasteiger partial charge in [-0.2, -0.15) is 0 Å². The zero-order valence-corrected chi connectivity index (χ0v) is 13.6. The normalized spacial score (nSPS) is 16.9. The zero-order chi connectivity index (χ0) is 16.6. The molecule has 1 N–H and O–H groups in total. The number of carbonyl (C=O) groups excluding carboxylic acids is 1. The second-order valence-corrected chi connectivity index (χ2v) is 6.39. The minimum Gasteiger partial charge on any atom is -0.481 e. The molecule has 0 saturated carbocycles. The van der Waals surface area contributed by atoms with E-state index in [9.17, 15) is 9.59 Å². The lowest BCUT2D eigenvalue weighted by molar-refractivity contribution is -0.136. The van der Waals surface area contributed by atoms with E-state index in [-0.39, 0.29) is 18.9 Å². The van der Waals surface area contributed by atoms with E-state index in [1.807, 2.05) is 24.4 Å². The van der Waals surface area contributed by atoms with Crippen LogP contribution in [-0.2, 0) is 9.59 Å². The number of carbonyl (C=O) groups is 2. The number of ether oxygens (including phenoxy) is 1. The van der Waals surface area contributed by atoms with Crippen LogP contribution in [0.25, 0.3) is 11.3 Å². The summed E-state index contributed by atoms with van der Waals surface area (Å²) in [6, 6.07) is 5.52. The van der Waals surface area contributed by atoms with Gasteiger partial charge in [-0.3, -0.25) is 9.59 Å². The van der Waals surface area contributed by atoms with Crippen LogP contribution in [0.4, 0.5) is 5.69 Å². The summed E-state index contributed by atoms with van der Waals surface area (Å²) >= 11 is 1.55. The first-order chi connectivity index (χ1) is 11.0. The molecule has 0 bridgehead atoms. The Morgan fingerprint density at radius 3 is 2.91 bits per heavy atom. The number of benzene rings is 1. The second-order valence-electron chi connectivity index (χ2n) is 5.33. The predicted molar refractivity (Wildman–Crippen MR) is 87.0 cm³/mol. The van der Waals surface area contributed by atoms with Crippen molar-refractivity contribution in [1.29, 1.82) is 0 Å². The van der Waals surface area contributed by atoms with E-state index in [0.29, 0.717) is 11.4 Å². The van der Waals surface area contributed by atoms with Crippen LogP contribution in [-0.4, -0.2) is 34.6 Å². The summed E-state index contributed by atoms with van der Waals surface area (Å²) in [5, 5.41) is 11.8. The quantitative estimate of drug-likeness (QED) is 0.931. The van der Waals surface area contributed by atoms with Gasteiger partial charge in [0.1, 0.15) is 5.75 Å². The van der Waals surface area contributed by atoms with Gasteiger partial charge in [-0.1, -0.05) is 0 Å². The monoisotopic (exact) mass is 332 g/mol. The molecule has 1 unspecified atom stereocenters. The largest absolute Gasteiger partial charge is 0.481 e. The fraction of sp³-hybridized carbons (Fsp3) is 0.312. The molecule has 1 aliphatic rings. The number of aliphatic carboxylic acids is 1. The van der Waals surface area contributed by atoms with Crippen LogP contribution in [0.1, 0.15) is 18.4 Å². The smallest absolute Gasteiger partial charge is 0.305 e. The fourth-order valence-corrected chi connectivity index (χ4v) is 3.12. The Kier molecular flexibility index (Phi) is 4.04. The summed E-state index contributed by atoms with van der Waals surface area (Å²) in [7, 11) is 0. The number of aryl methyl sites for hydroxylation is 1. The molecule has 1 atom stereocenters. The summed E-state index contributed by atoms with van der Waals surface area (Å²) in [6.45, 7) is 3.71. The van der Waals surface area contributed by atoms with Gasteiger partial charge in [-0.15, -0.1) is 11.3 Å². The Labute approximate surface area is 137 Å². The molecule has 0 aliphatic carbocycles. The predicted octanol–water partition coefficient (Wildman–Crippen LogP) is 2.71. The SMILES string of the molecule is Cc1nc(-c2ccc3c(c2)N(CCC(=O)O)C(=O)C(C)O3)cs1. The highest BCUT2D eigenvalue weighted by molar-refractivity contribution is 7.09. The van der Waals surface area contributed by atoms with Gasteiger partial charge >= 0.3 is 5.97 Å². The zero-order valence-electron chi connectivity index (χ0n) is 12.8. The Bertz CT molecular complexity index is 771. The lowest BCUT2D eigenvalue weighted by atomic mass is 10.1. The molecule has 0 radical (unpaired) electrons. The third-order valence-corrected chi connectivity index (χ3v) is 4.40. The first kappa shape index (κ1) is 15.5. The maximum Gasteiger partial charge on any atom is 0.305 e. The summed E-state index contributed by atoms with van der Waals surface area (Å²) in [6.07, 6.45) is -0.735. The number of carboxylic acid groups (broad SMARTS) is 1. The van der Waals surface area contributed by atoms with Gasteiger partial charge in [0, 0.05) is 17.5 Å². The maximum absolute atomic E-state index is 12.3. The van der Waals surface area contributed by atoms with Crippen molar-refractivity contribution in [2.75, 3.05) is 11.4 Å². The molecule has 2 aromatic rings. The van der Waals surface area contributed by atoms with Crippen LogP contribution in [0.2, 0.25) is 0 Å². The van der Waals surface area contributed by atoms with E-state index in [1.54, 1.807) is 24.3 Å². The van der Waals surface area contributed by atoms with Gasteiger partial charge in [-0.25, -0.2) is 4.98 Å². The molecule has 6 nitrogen and oxygen atoms in total. The molecule has 0 spiro atoms. The molecule has 7 heteroatoms. The number of hydrogen-bond acceptors (Lipinski definition) is 5. The van der Waals surface area contributed by atoms with Crippen molar-refractivity contribution in [3.05, 3.63) is 28.6 Å². The van der Waals surface area contributed by atoms with E-state index < -0.39 is 12.1 Å². The number of hydrogen-bond donors (Lipinski definition) is 1. The van der Waals surface area contributed by atoms with Crippen LogP contribution in [0.15, 0.2) is 23.6 Å². The van der Waals surface area contributed by atoms with Crippen LogP contribution in [0, 0.1) is 6.92 Å². The molecular formula is C16H16N2O4S. The number of anilines is 1. The van der Waals surface area contributed by atoms with Crippen molar-refractivity contribution in [2.24, 2.45) is 0 Å². The van der Waals surface area contributed by atoms with E-state index in [1.165, 1.54) is 4.90 Å². The van der Waals surface area contributed by atoms with Crippen molar-refractivity contribution in [1.82, 2.24) is 4.98 Å². The van der Waals surface area contributed by atoms with Gasteiger partial charge in [0.15, 0.2) is 6.10 Å². The number of amides is 1. The average Bonchev–Trinajstić information content (AvgIpc) is 2.94. The van der Waals surface area contributed by atoms with Gasteiger partial charge in [0.05, 0.1) is 22.8 Å². The lowest BCUT2D eigenvalue weighted by Gasteiger charge is -2.33. The number of carboxylic acids is 1. The van der Waals surface area contributed by atoms with E-state index >= 15 is 0 Å². The number of aromatic nitrogens is 1. The molecule has 23 heavy (non-hydrogen) atoms. The summed E-state index contributed by atoms with van der Waals surface area (Å²) in [5.41, 5.74) is 2.30. The first-order valence-electron chi connectivity index (χ1n) is 7.22.